The Morgan fingerprint density at radius 1 is 1.21 bits per heavy atom. The van der Waals surface area contributed by atoms with Crippen molar-refractivity contribution < 1.29 is 14.3 Å². The largest absolute Gasteiger partial charge is 0.492 e. The molecule has 1 aliphatic heterocycles. The lowest BCUT2D eigenvalue weighted by Gasteiger charge is -2.32. The number of carbonyl (C=O) groups is 2. The Morgan fingerprint density at radius 2 is 2.04 bits per heavy atom. The molecule has 1 saturated carbocycles. The van der Waals surface area contributed by atoms with Crippen LogP contribution in [0.5, 0.6) is 5.75 Å². The van der Waals surface area contributed by atoms with E-state index in [-0.39, 0.29) is 17.7 Å². The molecule has 0 radical (unpaired) electrons. The third-order valence-corrected chi connectivity index (χ3v) is 5.26. The molecule has 4 rings (SSSR count). The molecule has 2 amide bonds. The minimum atomic E-state index is -0.0753. The van der Waals surface area contributed by atoms with Crippen molar-refractivity contribution in [3.63, 3.8) is 0 Å². The maximum atomic E-state index is 12.6. The number of para-hydroxylation sites is 1. The smallest absolute Gasteiger partial charge is 0.274 e. The van der Waals surface area contributed by atoms with Crippen molar-refractivity contribution in [2.45, 2.75) is 31.7 Å². The van der Waals surface area contributed by atoms with Gasteiger partial charge >= 0.3 is 0 Å². The lowest BCUT2D eigenvalue weighted by atomic mass is 9.98. The SMILES string of the molecule is Cn1ccc(C(=O)N2CCCC(COc3ccccc3C(=O)NC3CC3)C2)n1. The van der Waals surface area contributed by atoms with E-state index in [4.69, 9.17) is 4.74 Å². The molecule has 2 aromatic rings. The maximum Gasteiger partial charge on any atom is 0.274 e. The van der Waals surface area contributed by atoms with E-state index in [2.05, 4.69) is 10.4 Å². The second kappa shape index (κ2) is 8.04. The Hall–Kier alpha value is -2.83. The topological polar surface area (TPSA) is 76.5 Å². The summed E-state index contributed by atoms with van der Waals surface area (Å²) in [7, 11) is 1.81. The molecule has 2 aliphatic rings. The first-order valence-electron chi connectivity index (χ1n) is 9.92. The number of carbonyl (C=O) groups excluding carboxylic acids is 2. The van der Waals surface area contributed by atoms with Gasteiger partial charge in [-0.25, -0.2) is 0 Å². The zero-order valence-electron chi connectivity index (χ0n) is 16.1. The van der Waals surface area contributed by atoms with Crippen LogP contribution in [0.2, 0.25) is 0 Å². The first-order chi connectivity index (χ1) is 13.6. The van der Waals surface area contributed by atoms with Crippen LogP contribution in [0.1, 0.15) is 46.5 Å². The van der Waals surface area contributed by atoms with Crippen molar-refractivity contribution in [3.8, 4) is 5.75 Å². The number of amides is 2. The van der Waals surface area contributed by atoms with Crippen LogP contribution in [0.15, 0.2) is 36.5 Å². The zero-order valence-corrected chi connectivity index (χ0v) is 16.1. The third-order valence-electron chi connectivity index (χ3n) is 5.26. The predicted molar refractivity (Wildman–Crippen MR) is 104 cm³/mol. The Labute approximate surface area is 164 Å². The summed E-state index contributed by atoms with van der Waals surface area (Å²) in [6, 6.07) is 9.41. The Bertz CT molecular complexity index is 859. The maximum absolute atomic E-state index is 12.6. The minimum absolute atomic E-state index is 0.0329. The summed E-state index contributed by atoms with van der Waals surface area (Å²) in [5.74, 6) is 0.734. The Morgan fingerprint density at radius 3 is 2.79 bits per heavy atom. The Balaban J connectivity index is 1.36. The summed E-state index contributed by atoms with van der Waals surface area (Å²) in [5, 5.41) is 7.22. The molecule has 1 aromatic carbocycles. The number of piperidine rings is 1. The third kappa shape index (κ3) is 4.35. The standard InChI is InChI=1S/C21H26N4O3/c1-24-12-10-18(23-24)21(27)25-11-4-5-15(13-25)14-28-19-7-3-2-6-17(19)20(26)22-16-8-9-16/h2-3,6-7,10,12,15-16H,4-5,8-9,11,13-14H2,1H3,(H,22,26). The van der Waals surface area contributed by atoms with E-state index in [0.29, 0.717) is 36.2 Å². The van der Waals surface area contributed by atoms with Crippen LogP contribution in [0, 0.1) is 5.92 Å². The number of ether oxygens (including phenoxy) is 1. The van der Waals surface area contributed by atoms with Gasteiger partial charge in [0.25, 0.3) is 11.8 Å². The molecule has 1 N–H and O–H groups in total. The Kier molecular flexibility index (Phi) is 5.32. The highest BCUT2D eigenvalue weighted by Gasteiger charge is 2.27. The van der Waals surface area contributed by atoms with Gasteiger partial charge in [0, 0.05) is 38.3 Å². The molecule has 1 atom stereocenters. The number of likely N-dealkylation sites (tertiary alicyclic amines) is 1. The van der Waals surface area contributed by atoms with Crippen molar-refractivity contribution in [3.05, 3.63) is 47.8 Å². The molecule has 1 saturated heterocycles. The molecule has 1 unspecified atom stereocenters. The van der Waals surface area contributed by atoms with Gasteiger partial charge in [-0.15, -0.1) is 0 Å². The monoisotopic (exact) mass is 382 g/mol. The number of benzene rings is 1. The molecule has 2 fully saturated rings. The van der Waals surface area contributed by atoms with E-state index in [9.17, 15) is 9.59 Å². The van der Waals surface area contributed by atoms with Crippen molar-refractivity contribution >= 4 is 11.8 Å². The van der Waals surface area contributed by atoms with Crippen LogP contribution >= 0.6 is 0 Å². The normalized spacial score (nSPS) is 19.3. The summed E-state index contributed by atoms with van der Waals surface area (Å²) in [6.07, 6.45) is 5.83. The molecule has 148 valence electrons. The van der Waals surface area contributed by atoms with E-state index < -0.39 is 0 Å². The highest BCUT2D eigenvalue weighted by Crippen LogP contribution is 2.24. The number of hydrogen-bond acceptors (Lipinski definition) is 4. The van der Waals surface area contributed by atoms with E-state index in [0.717, 1.165) is 32.2 Å². The van der Waals surface area contributed by atoms with E-state index in [1.165, 1.54) is 0 Å². The van der Waals surface area contributed by atoms with Gasteiger partial charge in [-0.05, 0) is 43.9 Å². The number of hydrogen-bond donors (Lipinski definition) is 1. The van der Waals surface area contributed by atoms with E-state index in [1.807, 2.05) is 23.1 Å². The molecule has 2 heterocycles. The van der Waals surface area contributed by atoms with Gasteiger partial charge in [-0.3, -0.25) is 14.3 Å². The van der Waals surface area contributed by atoms with Crippen molar-refractivity contribution in [1.82, 2.24) is 20.0 Å². The second-order valence-corrected chi connectivity index (χ2v) is 7.69. The number of nitrogens with zero attached hydrogens (tertiary/aromatic N) is 3. The van der Waals surface area contributed by atoms with Gasteiger partial charge in [-0.1, -0.05) is 12.1 Å². The summed E-state index contributed by atoms with van der Waals surface area (Å²) in [4.78, 5) is 26.9. The van der Waals surface area contributed by atoms with Gasteiger partial charge in [0.2, 0.25) is 0 Å². The number of aromatic nitrogens is 2. The highest BCUT2D eigenvalue weighted by molar-refractivity contribution is 5.97. The molecule has 0 spiro atoms. The van der Waals surface area contributed by atoms with E-state index >= 15 is 0 Å². The van der Waals surface area contributed by atoms with Gasteiger partial charge < -0.3 is 15.0 Å². The van der Waals surface area contributed by atoms with Crippen LogP contribution in [-0.4, -0.2) is 52.2 Å². The van der Waals surface area contributed by atoms with Crippen LogP contribution < -0.4 is 10.1 Å². The summed E-state index contributed by atoms with van der Waals surface area (Å²) in [6.45, 7) is 1.87. The van der Waals surface area contributed by atoms with Crippen LogP contribution in [-0.2, 0) is 7.05 Å². The summed E-state index contributed by atoms with van der Waals surface area (Å²) < 4.78 is 7.66. The van der Waals surface area contributed by atoms with Crippen molar-refractivity contribution in [2.75, 3.05) is 19.7 Å². The first kappa shape index (κ1) is 18.5. The second-order valence-electron chi connectivity index (χ2n) is 7.69. The van der Waals surface area contributed by atoms with Gasteiger partial charge in [0.15, 0.2) is 0 Å². The zero-order chi connectivity index (χ0) is 19.5. The van der Waals surface area contributed by atoms with Gasteiger partial charge in [-0.2, -0.15) is 5.10 Å². The fraction of sp³-hybridized carbons (Fsp3) is 0.476. The summed E-state index contributed by atoms with van der Waals surface area (Å²) >= 11 is 0. The van der Waals surface area contributed by atoms with Gasteiger partial charge in [0.1, 0.15) is 11.4 Å². The number of rotatable bonds is 6. The molecule has 7 heteroatoms. The van der Waals surface area contributed by atoms with Crippen LogP contribution in [0.4, 0.5) is 0 Å². The molecule has 1 aliphatic carbocycles. The van der Waals surface area contributed by atoms with Gasteiger partial charge in [0.05, 0.1) is 12.2 Å². The van der Waals surface area contributed by atoms with Crippen molar-refractivity contribution in [1.29, 1.82) is 0 Å². The molecule has 7 nitrogen and oxygen atoms in total. The average molecular weight is 382 g/mol. The average Bonchev–Trinajstić information content (AvgIpc) is 3.43. The van der Waals surface area contributed by atoms with Crippen LogP contribution in [0.25, 0.3) is 0 Å². The molecule has 1 aromatic heterocycles. The quantitative estimate of drug-likeness (QED) is 0.831. The number of aryl methyl sites for hydroxylation is 1. The highest BCUT2D eigenvalue weighted by atomic mass is 16.5. The lowest BCUT2D eigenvalue weighted by Crippen LogP contribution is -2.41. The van der Waals surface area contributed by atoms with Crippen molar-refractivity contribution in [2.24, 2.45) is 13.0 Å². The predicted octanol–water partition coefficient (Wildman–Crippen LogP) is 2.24. The molecule has 0 bridgehead atoms. The molecular formula is C21H26N4O3. The number of nitrogens with one attached hydrogen (secondary N) is 1. The fourth-order valence-electron chi connectivity index (χ4n) is 3.56. The minimum Gasteiger partial charge on any atom is -0.492 e. The molecule has 28 heavy (non-hydrogen) atoms. The van der Waals surface area contributed by atoms with E-state index in [1.54, 1.807) is 30.1 Å². The van der Waals surface area contributed by atoms with Crippen LogP contribution in [0.3, 0.4) is 0 Å². The molecular weight excluding hydrogens is 356 g/mol. The summed E-state index contributed by atoms with van der Waals surface area (Å²) in [5.41, 5.74) is 1.05. The lowest BCUT2D eigenvalue weighted by molar-refractivity contribution is 0.0626. The fourth-order valence-corrected chi connectivity index (χ4v) is 3.56. The first-order valence-corrected chi connectivity index (χ1v) is 9.92.